The maximum Gasteiger partial charge on any atom is 0.240 e. The van der Waals surface area contributed by atoms with E-state index in [1.807, 2.05) is 6.92 Å². The molecular formula is C11H20N4O. The van der Waals surface area contributed by atoms with Crippen LogP contribution in [0.2, 0.25) is 0 Å². The van der Waals surface area contributed by atoms with Crippen LogP contribution in [0, 0.1) is 6.92 Å². The third kappa shape index (κ3) is 3.02. The minimum absolute atomic E-state index is 0.686. The predicted molar refractivity (Wildman–Crippen MR) is 61.0 cm³/mol. The average molecular weight is 224 g/mol. The zero-order chi connectivity index (χ0) is 11.4. The van der Waals surface area contributed by atoms with Crippen LogP contribution in [0.5, 0.6) is 0 Å². The lowest BCUT2D eigenvalue weighted by Gasteiger charge is -2.31. The second-order valence-electron chi connectivity index (χ2n) is 4.34. The molecule has 0 saturated carbocycles. The summed E-state index contributed by atoms with van der Waals surface area (Å²) in [6.07, 6.45) is 2.42. The van der Waals surface area contributed by atoms with E-state index in [1.165, 1.54) is 12.8 Å². The average Bonchev–Trinajstić information content (AvgIpc) is 2.67. The summed E-state index contributed by atoms with van der Waals surface area (Å²) in [5.74, 6) is 1.46. The third-order valence-corrected chi connectivity index (χ3v) is 3.01. The lowest BCUT2D eigenvalue weighted by Crippen LogP contribution is -2.42. The summed E-state index contributed by atoms with van der Waals surface area (Å²) in [6, 6.07) is 0.686. The Balaban J connectivity index is 1.77. The lowest BCUT2D eigenvalue weighted by atomic mass is 10.1. The van der Waals surface area contributed by atoms with Crippen molar-refractivity contribution in [1.82, 2.24) is 20.4 Å². The number of rotatable bonds is 4. The molecular weight excluding hydrogens is 204 g/mol. The third-order valence-electron chi connectivity index (χ3n) is 3.01. The maximum atomic E-state index is 5.12. The Bertz CT molecular complexity index is 318. The van der Waals surface area contributed by atoms with E-state index in [4.69, 9.17) is 4.52 Å². The molecule has 1 aliphatic rings. The molecule has 1 saturated heterocycles. The van der Waals surface area contributed by atoms with Crippen LogP contribution < -0.4 is 5.32 Å². The van der Waals surface area contributed by atoms with Crippen molar-refractivity contribution in [1.29, 1.82) is 0 Å². The Labute approximate surface area is 96.2 Å². The smallest absolute Gasteiger partial charge is 0.240 e. The van der Waals surface area contributed by atoms with E-state index in [1.54, 1.807) is 0 Å². The summed E-state index contributed by atoms with van der Waals surface area (Å²) in [7, 11) is 0. The van der Waals surface area contributed by atoms with Gasteiger partial charge >= 0.3 is 0 Å². The van der Waals surface area contributed by atoms with Gasteiger partial charge in [-0.3, -0.25) is 4.90 Å². The highest BCUT2D eigenvalue weighted by molar-refractivity contribution is 4.85. The van der Waals surface area contributed by atoms with Crippen molar-refractivity contribution in [3.8, 4) is 0 Å². The number of hydrogen-bond acceptors (Lipinski definition) is 5. The van der Waals surface area contributed by atoms with Gasteiger partial charge < -0.3 is 9.84 Å². The molecule has 0 aliphatic carbocycles. The minimum Gasteiger partial charge on any atom is -0.338 e. The Kier molecular flexibility index (Phi) is 3.90. The summed E-state index contributed by atoms with van der Waals surface area (Å²) in [5.41, 5.74) is 0. The van der Waals surface area contributed by atoms with Gasteiger partial charge in [0.1, 0.15) is 0 Å². The second kappa shape index (κ2) is 5.41. The van der Waals surface area contributed by atoms with E-state index in [9.17, 15) is 0 Å². The van der Waals surface area contributed by atoms with Crippen LogP contribution >= 0.6 is 0 Å². The normalized spacial score (nSPS) is 19.1. The van der Waals surface area contributed by atoms with Gasteiger partial charge in [0.05, 0.1) is 6.54 Å². The predicted octanol–water partition coefficient (Wildman–Crippen LogP) is 0.952. The standard InChI is InChI=1S/C11H20N4O/c1-3-12-10-4-6-15(7-5-10)8-11-13-9(2)14-16-11/h10,12H,3-8H2,1-2H3. The molecule has 0 amide bonds. The number of nitrogens with one attached hydrogen (secondary N) is 1. The van der Waals surface area contributed by atoms with Gasteiger partial charge in [-0.1, -0.05) is 12.1 Å². The molecule has 0 aromatic carbocycles. The van der Waals surface area contributed by atoms with E-state index in [-0.39, 0.29) is 0 Å². The summed E-state index contributed by atoms with van der Waals surface area (Å²) in [6.45, 7) is 8.09. The van der Waals surface area contributed by atoms with Crippen molar-refractivity contribution in [2.45, 2.75) is 39.3 Å². The van der Waals surface area contributed by atoms with Crippen molar-refractivity contribution in [2.24, 2.45) is 0 Å². The second-order valence-corrected chi connectivity index (χ2v) is 4.34. The molecule has 0 spiro atoms. The molecule has 1 fully saturated rings. The molecule has 1 aliphatic heterocycles. The van der Waals surface area contributed by atoms with Crippen LogP contribution in [-0.4, -0.2) is 40.7 Å². The Morgan fingerprint density at radius 1 is 1.44 bits per heavy atom. The monoisotopic (exact) mass is 224 g/mol. The highest BCUT2D eigenvalue weighted by atomic mass is 16.5. The van der Waals surface area contributed by atoms with Crippen molar-refractivity contribution in [3.05, 3.63) is 11.7 Å². The Hall–Kier alpha value is -0.940. The number of hydrogen-bond donors (Lipinski definition) is 1. The van der Waals surface area contributed by atoms with Crippen molar-refractivity contribution in [2.75, 3.05) is 19.6 Å². The fourth-order valence-corrected chi connectivity index (χ4v) is 2.18. The summed E-state index contributed by atoms with van der Waals surface area (Å²) < 4.78 is 5.12. The van der Waals surface area contributed by atoms with Crippen LogP contribution in [0.1, 0.15) is 31.5 Å². The van der Waals surface area contributed by atoms with E-state index in [0.29, 0.717) is 6.04 Å². The first-order chi connectivity index (χ1) is 7.78. The first-order valence-electron chi connectivity index (χ1n) is 6.03. The molecule has 1 aromatic heterocycles. The number of likely N-dealkylation sites (tertiary alicyclic amines) is 1. The van der Waals surface area contributed by atoms with Crippen molar-refractivity contribution in [3.63, 3.8) is 0 Å². The van der Waals surface area contributed by atoms with E-state index in [0.717, 1.165) is 37.9 Å². The first-order valence-corrected chi connectivity index (χ1v) is 6.03. The number of aromatic nitrogens is 2. The SMILES string of the molecule is CCNC1CCN(Cc2nc(C)no2)CC1. The van der Waals surface area contributed by atoms with E-state index in [2.05, 4.69) is 27.3 Å². The molecule has 0 bridgehead atoms. The molecule has 1 aromatic rings. The number of aryl methyl sites for hydroxylation is 1. The summed E-state index contributed by atoms with van der Waals surface area (Å²) in [5, 5.41) is 7.30. The van der Waals surface area contributed by atoms with Gasteiger partial charge in [-0.15, -0.1) is 0 Å². The quantitative estimate of drug-likeness (QED) is 0.825. The highest BCUT2D eigenvalue weighted by Gasteiger charge is 2.19. The Morgan fingerprint density at radius 3 is 2.75 bits per heavy atom. The van der Waals surface area contributed by atoms with Crippen LogP contribution in [0.25, 0.3) is 0 Å². The van der Waals surface area contributed by atoms with Crippen LogP contribution in [-0.2, 0) is 6.54 Å². The molecule has 0 unspecified atom stereocenters. The minimum atomic E-state index is 0.686. The van der Waals surface area contributed by atoms with Gasteiger partial charge in [-0.2, -0.15) is 4.98 Å². The largest absolute Gasteiger partial charge is 0.338 e. The fraction of sp³-hybridized carbons (Fsp3) is 0.818. The first kappa shape index (κ1) is 11.5. The van der Waals surface area contributed by atoms with Gasteiger partial charge in [-0.05, 0) is 26.3 Å². The van der Waals surface area contributed by atoms with Crippen LogP contribution in [0.15, 0.2) is 4.52 Å². The number of piperidine rings is 1. The van der Waals surface area contributed by atoms with Gasteiger partial charge in [0.2, 0.25) is 5.89 Å². The van der Waals surface area contributed by atoms with Gasteiger partial charge in [0.15, 0.2) is 5.82 Å². The molecule has 90 valence electrons. The zero-order valence-electron chi connectivity index (χ0n) is 10.1. The van der Waals surface area contributed by atoms with Crippen LogP contribution in [0.3, 0.4) is 0 Å². The highest BCUT2D eigenvalue weighted by Crippen LogP contribution is 2.12. The molecule has 5 heteroatoms. The summed E-state index contributed by atoms with van der Waals surface area (Å²) >= 11 is 0. The van der Waals surface area contributed by atoms with Crippen molar-refractivity contribution < 1.29 is 4.52 Å². The summed E-state index contributed by atoms with van der Waals surface area (Å²) in [4.78, 5) is 6.60. The molecule has 5 nitrogen and oxygen atoms in total. The van der Waals surface area contributed by atoms with E-state index >= 15 is 0 Å². The van der Waals surface area contributed by atoms with Gasteiger partial charge in [-0.25, -0.2) is 0 Å². The van der Waals surface area contributed by atoms with E-state index < -0.39 is 0 Å². The number of nitrogens with zero attached hydrogens (tertiary/aromatic N) is 3. The molecule has 16 heavy (non-hydrogen) atoms. The van der Waals surface area contributed by atoms with Crippen molar-refractivity contribution >= 4 is 0 Å². The lowest BCUT2D eigenvalue weighted by molar-refractivity contribution is 0.171. The Morgan fingerprint density at radius 2 is 2.19 bits per heavy atom. The van der Waals surface area contributed by atoms with Gasteiger partial charge in [0, 0.05) is 19.1 Å². The molecule has 0 atom stereocenters. The zero-order valence-corrected chi connectivity index (χ0v) is 10.1. The maximum absolute atomic E-state index is 5.12. The van der Waals surface area contributed by atoms with Gasteiger partial charge in [0.25, 0.3) is 0 Å². The topological polar surface area (TPSA) is 54.2 Å². The van der Waals surface area contributed by atoms with Crippen LogP contribution in [0.4, 0.5) is 0 Å². The molecule has 0 radical (unpaired) electrons. The fourth-order valence-electron chi connectivity index (χ4n) is 2.18. The molecule has 2 rings (SSSR count). The molecule has 2 heterocycles. The molecule has 1 N–H and O–H groups in total.